The highest BCUT2D eigenvalue weighted by Gasteiger charge is 2.20. The first-order chi connectivity index (χ1) is 14.1. The monoisotopic (exact) mass is 396 g/mol. The molecular weight excluding hydrogens is 364 g/mol. The Hall–Kier alpha value is -2.57. The third kappa shape index (κ3) is 7.07. The molecule has 1 fully saturated rings. The first kappa shape index (κ1) is 21.1. The summed E-state index contributed by atoms with van der Waals surface area (Å²) in [6, 6.07) is 17.6. The third-order valence-electron chi connectivity index (χ3n) is 5.09. The molecule has 1 saturated heterocycles. The molecule has 6 heteroatoms. The number of piperazine rings is 1. The summed E-state index contributed by atoms with van der Waals surface area (Å²) in [6.07, 6.45) is 1.16. The zero-order valence-corrected chi connectivity index (χ0v) is 17.5. The zero-order valence-electron chi connectivity index (χ0n) is 17.5. The number of amides is 2. The fourth-order valence-corrected chi connectivity index (χ4v) is 3.36. The maximum atomic E-state index is 12.5. The van der Waals surface area contributed by atoms with E-state index in [1.54, 1.807) is 0 Å². The molecule has 2 amide bonds. The second-order valence-electron chi connectivity index (χ2n) is 7.71. The molecular formula is C23H32N4O2. The van der Waals surface area contributed by atoms with Crippen LogP contribution in [-0.4, -0.2) is 74.1 Å². The summed E-state index contributed by atoms with van der Waals surface area (Å²) >= 11 is 0. The average molecular weight is 397 g/mol. The van der Waals surface area contributed by atoms with Crippen LogP contribution in [-0.2, 0) is 6.61 Å². The number of rotatable bonds is 8. The van der Waals surface area contributed by atoms with Gasteiger partial charge in [0.1, 0.15) is 12.4 Å². The number of hydrogen-bond acceptors (Lipinski definition) is 4. The molecule has 156 valence electrons. The highest BCUT2D eigenvalue weighted by molar-refractivity contribution is 5.89. The number of hydrogen-bond donors (Lipinski definition) is 1. The number of urea groups is 1. The molecule has 0 aliphatic carbocycles. The van der Waals surface area contributed by atoms with Crippen molar-refractivity contribution in [2.45, 2.75) is 13.0 Å². The van der Waals surface area contributed by atoms with E-state index in [4.69, 9.17) is 4.74 Å². The predicted octanol–water partition coefficient (Wildman–Crippen LogP) is 3.37. The minimum atomic E-state index is -0.0316. The Morgan fingerprint density at radius 2 is 1.69 bits per heavy atom. The summed E-state index contributed by atoms with van der Waals surface area (Å²) in [4.78, 5) is 19.1. The molecule has 0 atom stereocenters. The van der Waals surface area contributed by atoms with Crippen LogP contribution in [0.25, 0.3) is 0 Å². The molecule has 0 unspecified atom stereocenters. The highest BCUT2D eigenvalue weighted by Crippen LogP contribution is 2.18. The number of carbonyl (C=O) groups excluding carboxylic acids is 1. The van der Waals surface area contributed by atoms with Crippen molar-refractivity contribution in [2.24, 2.45) is 0 Å². The largest absolute Gasteiger partial charge is 0.489 e. The zero-order chi connectivity index (χ0) is 20.5. The molecule has 0 saturated carbocycles. The lowest BCUT2D eigenvalue weighted by Gasteiger charge is -2.34. The predicted molar refractivity (Wildman–Crippen MR) is 117 cm³/mol. The van der Waals surface area contributed by atoms with Crippen LogP contribution in [0, 0.1) is 0 Å². The van der Waals surface area contributed by atoms with E-state index < -0.39 is 0 Å². The van der Waals surface area contributed by atoms with E-state index in [-0.39, 0.29) is 6.03 Å². The van der Waals surface area contributed by atoms with Gasteiger partial charge in [0, 0.05) is 31.9 Å². The Labute approximate surface area is 174 Å². The van der Waals surface area contributed by atoms with E-state index in [2.05, 4.69) is 29.2 Å². The number of anilines is 1. The Kier molecular flexibility index (Phi) is 7.90. The van der Waals surface area contributed by atoms with E-state index in [1.165, 1.54) is 0 Å². The van der Waals surface area contributed by atoms with Crippen molar-refractivity contribution in [2.75, 3.05) is 58.7 Å². The quantitative estimate of drug-likeness (QED) is 0.743. The van der Waals surface area contributed by atoms with Crippen molar-refractivity contribution >= 4 is 11.7 Å². The Bertz CT molecular complexity index is 741. The number of carbonyl (C=O) groups is 1. The molecule has 1 N–H and O–H groups in total. The van der Waals surface area contributed by atoms with Crippen LogP contribution >= 0.6 is 0 Å². The van der Waals surface area contributed by atoms with Gasteiger partial charge in [-0.15, -0.1) is 0 Å². The van der Waals surface area contributed by atoms with Crippen LogP contribution in [0.2, 0.25) is 0 Å². The topological polar surface area (TPSA) is 48.0 Å². The summed E-state index contributed by atoms with van der Waals surface area (Å²) in [5, 5.41) is 2.99. The van der Waals surface area contributed by atoms with Gasteiger partial charge >= 0.3 is 6.03 Å². The van der Waals surface area contributed by atoms with Gasteiger partial charge in [0.2, 0.25) is 0 Å². The fraction of sp³-hybridized carbons (Fsp3) is 0.435. The van der Waals surface area contributed by atoms with E-state index in [0.717, 1.165) is 62.7 Å². The second kappa shape index (κ2) is 10.8. The van der Waals surface area contributed by atoms with Crippen molar-refractivity contribution in [3.63, 3.8) is 0 Å². The Balaban J connectivity index is 1.39. The maximum absolute atomic E-state index is 12.5. The van der Waals surface area contributed by atoms with Crippen molar-refractivity contribution in [3.8, 4) is 5.75 Å². The summed E-state index contributed by atoms with van der Waals surface area (Å²) in [5.41, 5.74) is 1.92. The van der Waals surface area contributed by atoms with E-state index in [0.29, 0.717) is 6.61 Å². The fourth-order valence-electron chi connectivity index (χ4n) is 3.36. The molecule has 0 spiro atoms. The molecule has 0 radical (unpaired) electrons. The molecule has 6 nitrogen and oxygen atoms in total. The van der Waals surface area contributed by atoms with E-state index >= 15 is 0 Å². The Morgan fingerprint density at radius 1 is 1.00 bits per heavy atom. The van der Waals surface area contributed by atoms with Crippen molar-refractivity contribution in [3.05, 3.63) is 60.2 Å². The molecule has 1 aliphatic rings. The van der Waals surface area contributed by atoms with Crippen LogP contribution < -0.4 is 10.1 Å². The minimum Gasteiger partial charge on any atom is -0.489 e. The summed E-state index contributed by atoms with van der Waals surface area (Å²) < 4.78 is 5.80. The smallest absolute Gasteiger partial charge is 0.321 e. The summed E-state index contributed by atoms with van der Waals surface area (Å²) in [6.45, 7) is 6.15. The molecule has 2 aromatic carbocycles. The van der Waals surface area contributed by atoms with E-state index in [9.17, 15) is 4.79 Å². The molecule has 1 aliphatic heterocycles. The molecule has 29 heavy (non-hydrogen) atoms. The first-order valence-corrected chi connectivity index (χ1v) is 10.3. The first-order valence-electron chi connectivity index (χ1n) is 10.3. The molecule has 3 rings (SSSR count). The standard InChI is InChI=1S/C23H32N4O2/c1-25(2)13-6-14-26-15-17-27(18-16-26)23(28)24-21-9-11-22(12-10-21)29-19-20-7-4-3-5-8-20/h3-5,7-12H,6,13-19H2,1-2H3,(H,24,28). The van der Waals surface area contributed by atoms with Crippen molar-refractivity contribution in [1.82, 2.24) is 14.7 Å². The third-order valence-corrected chi connectivity index (χ3v) is 5.09. The Morgan fingerprint density at radius 3 is 2.34 bits per heavy atom. The van der Waals surface area contributed by atoms with Gasteiger partial charge in [-0.05, 0) is 63.4 Å². The highest BCUT2D eigenvalue weighted by atomic mass is 16.5. The number of benzene rings is 2. The van der Waals surface area contributed by atoms with Crippen LogP contribution in [0.4, 0.5) is 10.5 Å². The average Bonchev–Trinajstić information content (AvgIpc) is 2.74. The second-order valence-corrected chi connectivity index (χ2v) is 7.71. The molecule has 1 heterocycles. The van der Waals surface area contributed by atoms with Gasteiger partial charge in [0.05, 0.1) is 0 Å². The number of ether oxygens (including phenoxy) is 1. The van der Waals surface area contributed by atoms with Gasteiger partial charge in [-0.2, -0.15) is 0 Å². The van der Waals surface area contributed by atoms with Gasteiger partial charge in [0.25, 0.3) is 0 Å². The van der Waals surface area contributed by atoms with Gasteiger partial charge in [-0.25, -0.2) is 4.79 Å². The molecule has 0 bridgehead atoms. The lowest BCUT2D eigenvalue weighted by molar-refractivity contribution is 0.144. The van der Waals surface area contributed by atoms with Crippen LogP contribution in [0.15, 0.2) is 54.6 Å². The SMILES string of the molecule is CN(C)CCCN1CCN(C(=O)Nc2ccc(OCc3ccccc3)cc2)CC1. The van der Waals surface area contributed by atoms with Crippen molar-refractivity contribution in [1.29, 1.82) is 0 Å². The van der Waals surface area contributed by atoms with E-state index in [1.807, 2.05) is 59.5 Å². The number of nitrogens with one attached hydrogen (secondary N) is 1. The minimum absolute atomic E-state index is 0.0316. The van der Waals surface area contributed by atoms with Crippen LogP contribution in [0.5, 0.6) is 5.75 Å². The molecule has 0 aromatic heterocycles. The lowest BCUT2D eigenvalue weighted by Crippen LogP contribution is -2.50. The van der Waals surface area contributed by atoms with Crippen molar-refractivity contribution < 1.29 is 9.53 Å². The summed E-state index contributed by atoms with van der Waals surface area (Å²) in [7, 11) is 4.20. The van der Waals surface area contributed by atoms with Gasteiger partial charge in [-0.1, -0.05) is 30.3 Å². The lowest BCUT2D eigenvalue weighted by atomic mass is 10.2. The maximum Gasteiger partial charge on any atom is 0.321 e. The molecule has 2 aromatic rings. The van der Waals surface area contributed by atoms with Gasteiger partial charge in [-0.3, -0.25) is 4.90 Å². The van der Waals surface area contributed by atoms with Gasteiger partial charge in [0.15, 0.2) is 0 Å². The van der Waals surface area contributed by atoms with Crippen LogP contribution in [0.1, 0.15) is 12.0 Å². The van der Waals surface area contributed by atoms with Gasteiger partial charge < -0.3 is 19.9 Å². The van der Waals surface area contributed by atoms with Crippen LogP contribution in [0.3, 0.4) is 0 Å². The normalized spacial score (nSPS) is 14.8. The number of nitrogens with zero attached hydrogens (tertiary/aromatic N) is 3. The summed E-state index contributed by atoms with van der Waals surface area (Å²) in [5.74, 6) is 0.790.